The van der Waals surface area contributed by atoms with Crippen molar-refractivity contribution in [1.29, 1.82) is 0 Å². The Morgan fingerprint density at radius 1 is 1.00 bits per heavy atom. The van der Waals surface area contributed by atoms with E-state index in [4.69, 9.17) is 9.84 Å². The largest absolute Gasteiger partial charge is 0.492 e. The fourth-order valence-electron chi connectivity index (χ4n) is 3.76. The highest BCUT2D eigenvalue weighted by Gasteiger charge is 2.31. The van der Waals surface area contributed by atoms with Crippen LogP contribution in [0.5, 0.6) is 5.75 Å². The van der Waals surface area contributed by atoms with E-state index in [2.05, 4.69) is 4.90 Å². The van der Waals surface area contributed by atoms with Crippen LogP contribution in [0.1, 0.15) is 30.4 Å². The first-order valence-electron chi connectivity index (χ1n) is 10.9. The molecule has 1 N–H and O–H groups in total. The Kier molecular flexibility index (Phi) is 8.39. The zero-order chi connectivity index (χ0) is 23.0. The molecule has 1 heterocycles. The third-order valence-corrected chi connectivity index (χ3v) is 5.62. The van der Waals surface area contributed by atoms with Crippen molar-refractivity contribution in [2.45, 2.75) is 31.9 Å². The lowest BCUT2D eigenvalue weighted by Gasteiger charge is -2.36. The molecule has 0 amide bonds. The first-order chi connectivity index (χ1) is 15.3. The van der Waals surface area contributed by atoms with Crippen molar-refractivity contribution < 1.29 is 27.8 Å². The molecule has 0 atom stereocenters. The van der Waals surface area contributed by atoms with Crippen LogP contribution >= 0.6 is 0 Å². The van der Waals surface area contributed by atoms with E-state index < -0.39 is 17.7 Å². The van der Waals surface area contributed by atoms with Crippen LogP contribution in [0.2, 0.25) is 0 Å². The summed E-state index contributed by atoms with van der Waals surface area (Å²) in [5, 5.41) is 8.67. The highest BCUT2D eigenvalue weighted by Crippen LogP contribution is 2.31. The lowest BCUT2D eigenvalue weighted by atomic mass is 10.1. The summed E-state index contributed by atoms with van der Waals surface area (Å²) in [6, 6.07) is 13.4. The first-order valence-corrected chi connectivity index (χ1v) is 10.9. The van der Waals surface area contributed by atoms with Crippen LogP contribution in [-0.4, -0.2) is 55.3 Å². The van der Waals surface area contributed by atoms with Gasteiger partial charge in [-0.2, -0.15) is 13.2 Å². The number of halogens is 3. The molecule has 1 fully saturated rings. The third kappa shape index (κ3) is 7.44. The van der Waals surface area contributed by atoms with Crippen LogP contribution in [0.4, 0.5) is 18.9 Å². The van der Waals surface area contributed by atoms with Gasteiger partial charge in [-0.05, 0) is 55.2 Å². The fourth-order valence-corrected chi connectivity index (χ4v) is 3.76. The Hall–Kier alpha value is -2.74. The number of hydrogen-bond donors (Lipinski definition) is 1. The van der Waals surface area contributed by atoms with E-state index in [0.717, 1.165) is 49.9 Å². The third-order valence-electron chi connectivity index (χ3n) is 5.62. The average molecular weight is 451 g/mol. The molecule has 0 saturated carbocycles. The Bertz CT molecular complexity index is 864. The number of rotatable bonds is 10. The number of alkyl halides is 3. The molecule has 0 unspecified atom stereocenters. The summed E-state index contributed by atoms with van der Waals surface area (Å²) in [5.41, 5.74) is 1.16. The standard InChI is InChI=1S/C24H29F3N2O3/c25-24(26,27)20-5-3-6-21(18-20)29-14-12-28(13-15-29)16-17-32-22-10-8-19(9-11-22)4-1-2-7-23(30)31/h3,5-6,8-11,18H,1-2,4,7,12-17H2,(H,30,31). The maximum absolute atomic E-state index is 12.9. The highest BCUT2D eigenvalue weighted by molar-refractivity contribution is 5.66. The Morgan fingerprint density at radius 2 is 1.72 bits per heavy atom. The van der Waals surface area contributed by atoms with Gasteiger partial charge in [-0.15, -0.1) is 0 Å². The van der Waals surface area contributed by atoms with E-state index in [1.807, 2.05) is 29.2 Å². The molecular weight excluding hydrogens is 421 g/mol. The Labute approximate surface area is 186 Å². The van der Waals surface area contributed by atoms with Gasteiger partial charge in [0.2, 0.25) is 0 Å². The van der Waals surface area contributed by atoms with Gasteiger partial charge in [0.15, 0.2) is 0 Å². The van der Waals surface area contributed by atoms with E-state index in [-0.39, 0.29) is 6.42 Å². The highest BCUT2D eigenvalue weighted by atomic mass is 19.4. The quantitative estimate of drug-likeness (QED) is 0.532. The molecule has 0 bridgehead atoms. The van der Waals surface area contributed by atoms with Crippen molar-refractivity contribution in [1.82, 2.24) is 4.90 Å². The zero-order valence-electron chi connectivity index (χ0n) is 18.0. The molecule has 1 aliphatic rings. The van der Waals surface area contributed by atoms with Crippen molar-refractivity contribution in [3.05, 3.63) is 59.7 Å². The topological polar surface area (TPSA) is 53.0 Å². The number of benzene rings is 2. The number of carbonyl (C=O) groups is 1. The lowest BCUT2D eigenvalue weighted by Crippen LogP contribution is -2.47. The normalized spacial score (nSPS) is 15.0. The maximum Gasteiger partial charge on any atom is 0.416 e. The summed E-state index contributed by atoms with van der Waals surface area (Å²) in [5.74, 6) is 0.0349. The summed E-state index contributed by atoms with van der Waals surface area (Å²) in [4.78, 5) is 14.8. The molecular formula is C24H29F3N2O3. The molecule has 5 nitrogen and oxygen atoms in total. The minimum atomic E-state index is -4.33. The van der Waals surface area contributed by atoms with Gasteiger partial charge < -0.3 is 14.7 Å². The van der Waals surface area contributed by atoms with E-state index >= 15 is 0 Å². The fraction of sp³-hybridized carbons (Fsp3) is 0.458. The molecule has 0 aromatic heterocycles. The van der Waals surface area contributed by atoms with Crippen LogP contribution < -0.4 is 9.64 Å². The predicted molar refractivity (Wildman–Crippen MR) is 117 cm³/mol. The van der Waals surface area contributed by atoms with Gasteiger partial charge in [-0.25, -0.2) is 0 Å². The number of carboxylic acids is 1. The molecule has 1 aliphatic heterocycles. The van der Waals surface area contributed by atoms with Gasteiger partial charge in [0.05, 0.1) is 5.56 Å². The molecule has 0 radical (unpaired) electrons. The number of ether oxygens (including phenoxy) is 1. The van der Waals surface area contributed by atoms with Crippen LogP contribution in [0.15, 0.2) is 48.5 Å². The van der Waals surface area contributed by atoms with Crippen molar-refractivity contribution in [2.75, 3.05) is 44.2 Å². The Morgan fingerprint density at radius 3 is 2.38 bits per heavy atom. The minimum absolute atomic E-state index is 0.204. The van der Waals surface area contributed by atoms with Gasteiger partial charge in [0, 0.05) is 44.8 Å². The van der Waals surface area contributed by atoms with Crippen molar-refractivity contribution in [3.8, 4) is 5.75 Å². The van der Waals surface area contributed by atoms with Gasteiger partial charge in [0.25, 0.3) is 0 Å². The average Bonchev–Trinajstić information content (AvgIpc) is 2.77. The monoisotopic (exact) mass is 450 g/mol. The number of aliphatic carboxylic acids is 1. The van der Waals surface area contributed by atoms with Gasteiger partial charge in [-0.3, -0.25) is 9.69 Å². The van der Waals surface area contributed by atoms with Crippen molar-refractivity contribution in [2.24, 2.45) is 0 Å². The summed E-state index contributed by atoms with van der Waals surface area (Å²) in [6.45, 7) is 4.20. The molecule has 1 saturated heterocycles. The molecule has 32 heavy (non-hydrogen) atoms. The molecule has 8 heteroatoms. The molecule has 2 aromatic rings. The van der Waals surface area contributed by atoms with E-state index in [1.165, 1.54) is 12.1 Å². The lowest BCUT2D eigenvalue weighted by molar-refractivity contribution is -0.138. The number of aryl methyl sites for hydroxylation is 1. The summed E-state index contributed by atoms with van der Waals surface area (Å²) < 4.78 is 44.6. The zero-order valence-corrected chi connectivity index (χ0v) is 18.0. The van der Waals surface area contributed by atoms with Crippen molar-refractivity contribution in [3.63, 3.8) is 0 Å². The van der Waals surface area contributed by atoms with Crippen LogP contribution in [0.25, 0.3) is 0 Å². The number of nitrogens with zero attached hydrogens (tertiary/aromatic N) is 2. The number of piperazine rings is 1. The SMILES string of the molecule is O=C(O)CCCCc1ccc(OCCN2CCN(c3cccc(C(F)(F)F)c3)CC2)cc1. The number of anilines is 1. The van der Waals surface area contributed by atoms with E-state index in [1.54, 1.807) is 6.07 Å². The smallest absolute Gasteiger partial charge is 0.416 e. The first kappa shape index (κ1) is 23.9. The molecule has 0 aliphatic carbocycles. The van der Waals surface area contributed by atoms with Crippen LogP contribution in [-0.2, 0) is 17.4 Å². The van der Waals surface area contributed by atoms with Gasteiger partial charge in [0.1, 0.15) is 12.4 Å². The second-order valence-electron chi connectivity index (χ2n) is 7.97. The van der Waals surface area contributed by atoms with E-state index in [9.17, 15) is 18.0 Å². The Balaban J connectivity index is 1.36. The summed E-state index contributed by atoms with van der Waals surface area (Å²) in [7, 11) is 0. The second kappa shape index (κ2) is 11.2. The van der Waals surface area contributed by atoms with Gasteiger partial charge in [-0.1, -0.05) is 18.2 Å². The number of unbranched alkanes of at least 4 members (excludes halogenated alkanes) is 1. The van der Waals surface area contributed by atoms with E-state index in [0.29, 0.717) is 31.8 Å². The molecule has 174 valence electrons. The number of hydrogen-bond acceptors (Lipinski definition) is 4. The predicted octanol–water partition coefficient (Wildman–Crippen LogP) is 4.70. The van der Waals surface area contributed by atoms with Crippen molar-refractivity contribution >= 4 is 11.7 Å². The summed E-state index contributed by atoms with van der Waals surface area (Å²) in [6.07, 6.45) is -1.75. The van der Waals surface area contributed by atoms with Crippen LogP contribution in [0, 0.1) is 0 Å². The molecule has 0 spiro atoms. The second-order valence-corrected chi connectivity index (χ2v) is 7.97. The van der Waals surface area contributed by atoms with Gasteiger partial charge >= 0.3 is 12.1 Å². The summed E-state index contributed by atoms with van der Waals surface area (Å²) >= 11 is 0. The molecule has 3 rings (SSSR count). The van der Waals surface area contributed by atoms with Crippen LogP contribution in [0.3, 0.4) is 0 Å². The minimum Gasteiger partial charge on any atom is -0.492 e. The maximum atomic E-state index is 12.9. The number of carboxylic acid groups (broad SMARTS) is 1. The molecule has 2 aromatic carbocycles.